The van der Waals surface area contributed by atoms with E-state index in [4.69, 9.17) is 14.6 Å². The van der Waals surface area contributed by atoms with Gasteiger partial charge in [-0.15, -0.1) is 0 Å². The van der Waals surface area contributed by atoms with E-state index in [9.17, 15) is 4.79 Å². The average molecular weight is 408 g/mol. The second-order valence-electron chi connectivity index (χ2n) is 7.88. The third-order valence-electron chi connectivity index (χ3n) is 5.77. The highest BCUT2D eigenvalue weighted by atomic mass is 16.7. The van der Waals surface area contributed by atoms with Crippen molar-refractivity contribution in [2.45, 2.75) is 44.4 Å². The molecule has 1 N–H and O–H groups in total. The molecule has 0 saturated carbocycles. The van der Waals surface area contributed by atoms with Gasteiger partial charge in [0.2, 0.25) is 6.29 Å². The summed E-state index contributed by atoms with van der Waals surface area (Å²) >= 11 is 0. The first kappa shape index (κ1) is 20.6. The Balaban J connectivity index is 1.50. The Morgan fingerprint density at radius 3 is 2.63 bits per heavy atom. The van der Waals surface area contributed by atoms with E-state index in [0.717, 1.165) is 18.4 Å². The molecule has 4 rings (SSSR count). The molecule has 0 aromatic heterocycles. The highest BCUT2D eigenvalue weighted by Crippen LogP contribution is 2.32. The number of allylic oxidation sites excluding steroid dienone is 1. The van der Waals surface area contributed by atoms with Crippen LogP contribution in [0, 0.1) is 0 Å². The summed E-state index contributed by atoms with van der Waals surface area (Å²) in [6, 6.07) is 18.5. The summed E-state index contributed by atoms with van der Waals surface area (Å²) in [5, 5.41) is 8.98. The number of carbonyl (C=O) groups is 1. The molecule has 158 valence electrons. The van der Waals surface area contributed by atoms with E-state index < -0.39 is 6.29 Å². The summed E-state index contributed by atoms with van der Waals surface area (Å²) in [4.78, 5) is 15.2. The molecule has 0 fully saturated rings. The number of ether oxygens (including phenoxy) is 2. The number of hydrogen-bond donors (Lipinski definition) is 1. The van der Waals surface area contributed by atoms with E-state index in [2.05, 4.69) is 24.3 Å². The standard InChI is InChI=1S/C25H29NO4/c27-14-6-7-15-29-24-17-22(19-8-2-1-3-9-19)16-23(30-24)25(28)26-13-12-20-10-4-5-11-21(20)18-26/h1-5,8-11,16,22,24,27H,6-7,12-15,17-18H2/t22-,24+/m1/s1. The van der Waals surface area contributed by atoms with Gasteiger partial charge in [-0.1, -0.05) is 54.6 Å². The molecule has 0 spiro atoms. The lowest BCUT2D eigenvalue weighted by Gasteiger charge is -2.33. The summed E-state index contributed by atoms with van der Waals surface area (Å²) in [6.45, 7) is 1.95. The lowest BCUT2D eigenvalue weighted by molar-refractivity contribution is -0.153. The van der Waals surface area contributed by atoms with Crippen LogP contribution in [0.25, 0.3) is 0 Å². The molecule has 0 bridgehead atoms. The molecule has 2 heterocycles. The van der Waals surface area contributed by atoms with Crippen molar-refractivity contribution in [3.63, 3.8) is 0 Å². The van der Waals surface area contributed by atoms with E-state index >= 15 is 0 Å². The maximum Gasteiger partial charge on any atom is 0.289 e. The molecule has 2 atom stereocenters. The van der Waals surface area contributed by atoms with Gasteiger partial charge in [0.25, 0.3) is 5.91 Å². The number of aliphatic hydroxyl groups is 1. The predicted octanol–water partition coefficient (Wildman–Crippen LogP) is 3.77. The van der Waals surface area contributed by atoms with E-state index in [1.807, 2.05) is 41.3 Å². The Morgan fingerprint density at radius 2 is 1.83 bits per heavy atom. The van der Waals surface area contributed by atoms with Gasteiger partial charge in [-0.05, 0) is 42.0 Å². The van der Waals surface area contributed by atoms with E-state index in [-0.39, 0.29) is 18.4 Å². The zero-order chi connectivity index (χ0) is 20.8. The molecule has 2 aliphatic heterocycles. The smallest absolute Gasteiger partial charge is 0.289 e. The molecule has 2 aromatic carbocycles. The van der Waals surface area contributed by atoms with Gasteiger partial charge in [0.1, 0.15) is 0 Å². The van der Waals surface area contributed by atoms with Crippen LogP contribution < -0.4 is 0 Å². The van der Waals surface area contributed by atoms with Gasteiger partial charge in [0, 0.05) is 32.0 Å². The van der Waals surface area contributed by atoms with Crippen LogP contribution in [0.2, 0.25) is 0 Å². The number of rotatable bonds is 7. The molecule has 30 heavy (non-hydrogen) atoms. The second kappa shape index (κ2) is 9.92. The van der Waals surface area contributed by atoms with Crippen LogP contribution in [0.5, 0.6) is 0 Å². The molecule has 0 radical (unpaired) electrons. The predicted molar refractivity (Wildman–Crippen MR) is 115 cm³/mol. The Kier molecular flexibility index (Phi) is 6.82. The second-order valence-corrected chi connectivity index (χ2v) is 7.88. The van der Waals surface area contributed by atoms with Gasteiger partial charge in [0.05, 0.1) is 6.61 Å². The third kappa shape index (κ3) is 4.91. The number of amides is 1. The van der Waals surface area contributed by atoms with Crippen molar-refractivity contribution < 1.29 is 19.4 Å². The van der Waals surface area contributed by atoms with E-state index in [1.165, 1.54) is 11.1 Å². The fourth-order valence-corrected chi connectivity index (χ4v) is 4.10. The van der Waals surface area contributed by atoms with Crippen LogP contribution in [0.1, 0.15) is 41.9 Å². The number of fused-ring (bicyclic) bond motifs is 1. The van der Waals surface area contributed by atoms with Crippen LogP contribution in [-0.4, -0.2) is 42.0 Å². The van der Waals surface area contributed by atoms with Crippen molar-refractivity contribution in [2.75, 3.05) is 19.8 Å². The lowest BCUT2D eigenvalue weighted by atomic mass is 9.92. The van der Waals surface area contributed by atoms with Gasteiger partial charge < -0.3 is 19.5 Å². The molecule has 0 saturated heterocycles. The SMILES string of the molecule is O=C(C1=C[C@@H](c2ccccc2)C[C@@H](OCCCCO)O1)N1CCc2ccccc2C1. The van der Waals surface area contributed by atoms with Gasteiger partial charge in [-0.2, -0.15) is 0 Å². The Morgan fingerprint density at radius 1 is 1.07 bits per heavy atom. The molecular weight excluding hydrogens is 378 g/mol. The first-order valence-electron chi connectivity index (χ1n) is 10.8. The van der Waals surface area contributed by atoms with E-state index in [1.54, 1.807) is 0 Å². The van der Waals surface area contributed by atoms with Crippen LogP contribution in [0.15, 0.2) is 66.4 Å². The largest absolute Gasteiger partial charge is 0.459 e. The zero-order valence-corrected chi connectivity index (χ0v) is 17.2. The third-order valence-corrected chi connectivity index (χ3v) is 5.77. The molecular formula is C25H29NO4. The average Bonchev–Trinajstić information content (AvgIpc) is 2.81. The summed E-state index contributed by atoms with van der Waals surface area (Å²) in [5.74, 6) is 0.370. The van der Waals surface area contributed by atoms with Crippen LogP contribution in [0.4, 0.5) is 0 Å². The van der Waals surface area contributed by atoms with Gasteiger partial charge in [-0.25, -0.2) is 0 Å². The lowest BCUT2D eigenvalue weighted by Crippen LogP contribution is -2.39. The molecule has 2 aliphatic rings. The fraction of sp³-hybridized carbons (Fsp3) is 0.400. The zero-order valence-electron chi connectivity index (χ0n) is 17.2. The summed E-state index contributed by atoms with van der Waals surface area (Å²) in [6.07, 6.45) is 4.48. The summed E-state index contributed by atoms with van der Waals surface area (Å²) < 4.78 is 11.9. The topological polar surface area (TPSA) is 59.0 Å². The minimum atomic E-state index is -0.463. The van der Waals surface area contributed by atoms with Gasteiger partial charge >= 0.3 is 0 Å². The molecule has 5 heteroatoms. The highest BCUT2D eigenvalue weighted by Gasteiger charge is 2.32. The molecule has 0 aliphatic carbocycles. The maximum absolute atomic E-state index is 13.3. The maximum atomic E-state index is 13.3. The number of unbranched alkanes of at least 4 members (excludes halogenated alkanes) is 1. The Hall–Kier alpha value is -2.63. The molecule has 2 aromatic rings. The minimum absolute atomic E-state index is 0.0684. The number of aliphatic hydroxyl groups excluding tert-OH is 1. The summed E-state index contributed by atoms with van der Waals surface area (Å²) in [5.41, 5.74) is 3.66. The van der Waals surface area contributed by atoms with Crippen molar-refractivity contribution in [3.8, 4) is 0 Å². The normalized spacial score (nSPS) is 20.8. The highest BCUT2D eigenvalue weighted by molar-refractivity contribution is 5.92. The van der Waals surface area contributed by atoms with Crippen LogP contribution >= 0.6 is 0 Å². The monoisotopic (exact) mass is 407 g/mol. The first-order valence-corrected chi connectivity index (χ1v) is 10.8. The number of hydrogen-bond acceptors (Lipinski definition) is 4. The number of benzene rings is 2. The molecule has 5 nitrogen and oxygen atoms in total. The quantitative estimate of drug-likeness (QED) is 0.710. The van der Waals surface area contributed by atoms with Gasteiger partial charge in [0.15, 0.2) is 5.76 Å². The van der Waals surface area contributed by atoms with Crippen molar-refractivity contribution in [2.24, 2.45) is 0 Å². The van der Waals surface area contributed by atoms with Crippen molar-refractivity contribution >= 4 is 5.91 Å². The number of carbonyl (C=O) groups excluding carboxylic acids is 1. The molecule has 0 unspecified atom stereocenters. The van der Waals surface area contributed by atoms with Crippen molar-refractivity contribution in [1.29, 1.82) is 0 Å². The van der Waals surface area contributed by atoms with Crippen molar-refractivity contribution in [1.82, 2.24) is 4.90 Å². The van der Waals surface area contributed by atoms with Crippen molar-refractivity contribution in [3.05, 3.63) is 83.1 Å². The van der Waals surface area contributed by atoms with Gasteiger partial charge in [-0.3, -0.25) is 4.79 Å². The minimum Gasteiger partial charge on any atom is -0.459 e. The fourth-order valence-electron chi connectivity index (χ4n) is 4.10. The Bertz CT molecular complexity index is 880. The molecule has 1 amide bonds. The van der Waals surface area contributed by atoms with Crippen LogP contribution in [0.3, 0.4) is 0 Å². The number of nitrogens with zero attached hydrogens (tertiary/aromatic N) is 1. The summed E-state index contributed by atoms with van der Waals surface area (Å²) in [7, 11) is 0. The first-order chi connectivity index (χ1) is 14.7. The Labute approximate surface area is 177 Å². The van der Waals surface area contributed by atoms with Crippen LogP contribution in [-0.2, 0) is 27.2 Å². The van der Waals surface area contributed by atoms with E-state index in [0.29, 0.717) is 38.3 Å².